The fraction of sp³-hybridized carbons (Fsp3) is 0. The molecular weight excluding hydrogens is 236 g/mol. The summed E-state index contributed by atoms with van der Waals surface area (Å²) in [5, 5.41) is 13.0. The van der Waals surface area contributed by atoms with Gasteiger partial charge in [0.2, 0.25) is 0 Å². The molecule has 0 atom stereocenters. The quantitative estimate of drug-likeness (QED) is 0.689. The number of hydrogen-bond donors (Lipinski definition) is 0. The Kier molecular flexibility index (Phi) is 2.83. The maximum Gasteiger partial charge on any atom is 0.167 e. The Labute approximate surface area is 110 Å². The Hall–Kier alpha value is -2.86. The molecule has 3 nitrogen and oxygen atoms in total. The van der Waals surface area contributed by atoms with Gasteiger partial charge in [-0.2, -0.15) is 5.26 Å². The Morgan fingerprint density at radius 2 is 1.68 bits per heavy atom. The molecule has 0 spiro atoms. The van der Waals surface area contributed by atoms with Gasteiger partial charge in [0, 0.05) is 17.2 Å². The van der Waals surface area contributed by atoms with Crippen LogP contribution in [0.3, 0.4) is 0 Å². The van der Waals surface area contributed by atoms with Crippen molar-refractivity contribution in [2.45, 2.75) is 0 Å². The van der Waals surface area contributed by atoms with Gasteiger partial charge in [-0.25, -0.2) is 0 Å². The second-order valence-electron chi connectivity index (χ2n) is 4.14. The normalized spacial score (nSPS) is 10.1. The molecule has 2 aromatic carbocycles. The molecule has 3 aromatic rings. The summed E-state index contributed by atoms with van der Waals surface area (Å²) < 4.78 is 5.35. The Morgan fingerprint density at radius 1 is 0.895 bits per heavy atom. The number of nitrogens with zero attached hydrogens (tertiary/aromatic N) is 2. The molecule has 3 heteroatoms. The minimum absolute atomic E-state index is 0.607. The number of aromatic nitrogens is 1. The van der Waals surface area contributed by atoms with Gasteiger partial charge < -0.3 is 4.52 Å². The van der Waals surface area contributed by atoms with E-state index in [0.29, 0.717) is 11.3 Å². The molecule has 1 heterocycles. The molecule has 0 aliphatic carbocycles. The lowest BCUT2D eigenvalue weighted by Crippen LogP contribution is -1.77. The van der Waals surface area contributed by atoms with Crippen molar-refractivity contribution in [3.05, 3.63) is 66.2 Å². The lowest BCUT2D eigenvalue weighted by atomic mass is 10.1. The minimum atomic E-state index is 0.607. The van der Waals surface area contributed by atoms with Crippen LogP contribution in [0.25, 0.3) is 22.6 Å². The van der Waals surface area contributed by atoms with Crippen molar-refractivity contribution in [2.75, 3.05) is 0 Å². The average Bonchev–Trinajstić information content (AvgIpc) is 2.98. The van der Waals surface area contributed by atoms with Gasteiger partial charge in [0.25, 0.3) is 0 Å². The highest BCUT2D eigenvalue weighted by Crippen LogP contribution is 2.26. The highest BCUT2D eigenvalue weighted by Gasteiger charge is 2.08. The van der Waals surface area contributed by atoms with Crippen LogP contribution in [0.1, 0.15) is 5.56 Å². The summed E-state index contributed by atoms with van der Waals surface area (Å²) in [5.74, 6) is 0.663. The van der Waals surface area contributed by atoms with Crippen molar-refractivity contribution in [3.63, 3.8) is 0 Å². The molecule has 0 bridgehead atoms. The first-order chi connectivity index (χ1) is 9.36. The molecule has 0 N–H and O–H groups in total. The van der Waals surface area contributed by atoms with Gasteiger partial charge in [-0.3, -0.25) is 0 Å². The van der Waals surface area contributed by atoms with E-state index in [0.717, 1.165) is 16.8 Å². The zero-order valence-electron chi connectivity index (χ0n) is 10.1. The van der Waals surface area contributed by atoms with Crippen molar-refractivity contribution < 1.29 is 4.52 Å². The average molecular weight is 246 g/mol. The van der Waals surface area contributed by atoms with E-state index in [2.05, 4.69) is 11.2 Å². The van der Waals surface area contributed by atoms with E-state index in [1.165, 1.54) is 0 Å². The third-order valence-electron chi connectivity index (χ3n) is 2.86. The molecule has 0 aliphatic heterocycles. The molecule has 1 aromatic heterocycles. The van der Waals surface area contributed by atoms with Crippen LogP contribution in [0.5, 0.6) is 0 Å². The van der Waals surface area contributed by atoms with Gasteiger partial charge in [-0.1, -0.05) is 47.6 Å². The third kappa shape index (κ3) is 2.24. The summed E-state index contributed by atoms with van der Waals surface area (Å²) in [6.07, 6.45) is 0. The van der Waals surface area contributed by atoms with E-state index in [1.807, 2.05) is 48.5 Å². The molecule has 0 unspecified atom stereocenters. The molecule has 0 radical (unpaired) electrons. The van der Waals surface area contributed by atoms with E-state index in [4.69, 9.17) is 9.78 Å². The SMILES string of the molecule is N#Cc1cccc(-c2cc(-c3ccccc3)no2)c1. The number of hydrogen-bond acceptors (Lipinski definition) is 3. The summed E-state index contributed by atoms with van der Waals surface area (Å²) in [7, 11) is 0. The van der Waals surface area contributed by atoms with Gasteiger partial charge >= 0.3 is 0 Å². The van der Waals surface area contributed by atoms with Crippen LogP contribution in [0, 0.1) is 11.3 Å². The minimum Gasteiger partial charge on any atom is -0.356 e. The summed E-state index contributed by atoms with van der Waals surface area (Å²) in [6.45, 7) is 0. The molecule has 19 heavy (non-hydrogen) atoms. The van der Waals surface area contributed by atoms with Crippen LogP contribution in [-0.4, -0.2) is 5.16 Å². The molecule has 3 rings (SSSR count). The molecule has 0 saturated heterocycles. The summed E-state index contributed by atoms with van der Waals surface area (Å²) in [5.41, 5.74) is 3.26. The van der Waals surface area contributed by atoms with E-state index in [1.54, 1.807) is 12.1 Å². The zero-order valence-corrected chi connectivity index (χ0v) is 10.1. The fourth-order valence-electron chi connectivity index (χ4n) is 1.90. The van der Waals surface area contributed by atoms with Gasteiger partial charge in [0.15, 0.2) is 5.76 Å². The predicted molar refractivity (Wildman–Crippen MR) is 72.1 cm³/mol. The highest BCUT2D eigenvalue weighted by molar-refractivity contribution is 5.67. The first-order valence-corrected chi connectivity index (χ1v) is 5.89. The van der Waals surface area contributed by atoms with Crippen LogP contribution >= 0.6 is 0 Å². The van der Waals surface area contributed by atoms with Gasteiger partial charge in [0.05, 0.1) is 11.6 Å². The van der Waals surface area contributed by atoms with E-state index in [9.17, 15) is 0 Å². The van der Waals surface area contributed by atoms with Crippen LogP contribution in [0.4, 0.5) is 0 Å². The molecule has 0 fully saturated rings. The van der Waals surface area contributed by atoms with Crippen molar-refractivity contribution >= 4 is 0 Å². The topological polar surface area (TPSA) is 49.8 Å². The van der Waals surface area contributed by atoms with E-state index >= 15 is 0 Å². The smallest absolute Gasteiger partial charge is 0.167 e. The molecule has 0 aliphatic rings. The lowest BCUT2D eigenvalue weighted by molar-refractivity contribution is 0.435. The van der Waals surface area contributed by atoms with Crippen LogP contribution in [0.2, 0.25) is 0 Å². The largest absolute Gasteiger partial charge is 0.356 e. The Balaban J connectivity index is 2.00. The fourth-order valence-corrected chi connectivity index (χ4v) is 1.90. The van der Waals surface area contributed by atoms with E-state index in [-0.39, 0.29) is 0 Å². The number of benzene rings is 2. The summed E-state index contributed by atoms with van der Waals surface area (Å²) in [4.78, 5) is 0. The predicted octanol–water partition coefficient (Wildman–Crippen LogP) is 3.88. The number of rotatable bonds is 2. The summed E-state index contributed by atoms with van der Waals surface area (Å²) >= 11 is 0. The first-order valence-electron chi connectivity index (χ1n) is 5.89. The van der Waals surface area contributed by atoms with Gasteiger partial charge in [0.1, 0.15) is 5.69 Å². The van der Waals surface area contributed by atoms with Gasteiger partial charge in [-0.05, 0) is 12.1 Å². The van der Waals surface area contributed by atoms with Crippen LogP contribution in [0.15, 0.2) is 65.2 Å². The summed E-state index contributed by atoms with van der Waals surface area (Å²) in [6, 6.07) is 21.1. The van der Waals surface area contributed by atoms with Gasteiger partial charge in [-0.15, -0.1) is 0 Å². The zero-order chi connectivity index (χ0) is 13.1. The van der Waals surface area contributed by atoms with E-state index < -0.39 is 0 Å². The van der Waals surface area contributed by atoms with Crippen LogP contribution < -0.4 is 0 Å². The molecule has 90 valence electrons. The maximum absolute atomic E-state index is 8.90. The van der Waals surface area contributed by atoms with Crippen molar-refractivity contribution in [3.8, 4) is 28.7 Å². The standard InChI is InChI=1S/C16H10N2O/c17-11-12-5-4-8-14(9-12)16-10-15(18-19-16)13-6-2-1-3-7-13/h1-10H. The van der Waals surface area contributed by atoms with Crippen molar-refractivity contribution in [2.24, 2.45) is 0 Å². The third-order valence-corrected chi connectivity index (χ3v) is 2.86. The molecular formula is C16H10N2O. The van der Waals surface area contributed by atoms with Crippen molar-refractivity contribution in [1.29, 1.82) is 5.26 Å². The Bertz CT molecular complexity index is 739. The second kappa shape index (κ2) is 4.79. The second-order valence-corrected chi connectivity index (χ2v) is 4.14. The number of nitriles is 1. The molecule has 0 amide bonds. The van der Waals surface area contributed by atoms with Crippen LogP contribution in [-0.2, 0) is 0 Å². The highest BCUT2D eigenvalue weighted by atomic mass is 16.5. The lowest BCUT2D eigenvalue weighted by Gasteiger charge is -1.94. The van der Waals surface area contributed by atoms with Crippen molar-refractivity contribution in [1.82, 2.24) is 5.16 Å². The Morgan fingerprint density at radius 3 is 2.47 bits per heavy atom. The maximum atomic E-state index is 8.90. The first kappa shape index (κ1) is 11.2. The molecule has 0 saturated carbocycles. The monoisotopic (exact) mass is 246 g/mol.